The highest BCUT2D eigenvalue weighted by Gasteiger charge is 2.47. The van der Waals surface area contributed by atoms with Crippen LogP contribution in [0.5, 0.6) is 5.75 Å². The number of carboxylic acids is 1. The molecule has 3 aromatic rings. The Morgan fingerprint density at radius 1 is 0.969 bits per heavy atom. The van der Waals surface area contributed by atoms with Crippen molar-refractivity contribution in [2.75, 3.05) is 19.7 Å². The first-order chi connectivity index (χ1) is 15.4. The maximum absolute atomic E-state index is 13.1. The molecule has 1 N–H and O–H groups in total. The molecule has 1 aliphatic rings. The number of rotatable bonds is 6. The van der Waals surface area contributed by atoms with Gasteiger partial charge in [0.1, 0.15) is 23.6 Å². The summed E-state index contributed by atoms with van der Waals surface area (Å²) >= 11 is 5.88. The molecule has 0 aromatic heterocycles. The van der Waals surface area contributed by atoms with Crippen LogP contribution in [-0.2, 0) is 4.79 Å². The predicted octanol–water partition coefficient (Wildman–Crippen LogP) is 5.14. The molecule has 3 aromatic carbocycles. The van der Waals surface area contributed by atoms with Crippen LogP contribution in [0.3, 0.4) is 0 Å². The zero-order valence-corrected chi connectivity index (χ0v) is 17.9. The van der Waals surface area contributed by atoms with Gasteiger partial charge in [-0.3, -0.25) is 9.59 Å². The maximum Gasteiger partial charge on any atom is 0.315 e. The van der Waals surface area contributed by atoms with Crippen LogP contribution in [-0.4, -0.2) is 41.6 Å². The van der Waals surface area contributed by atoms with Crippen molar-refractivity contribution >= 4 is 23.5 Å². The number of hydrogen-bond acceptors (Lipinski definition) is 3. The Morgan fingerprint density at radius 2 is 1.56 bits per heavy atom. The second kappa shape index (κ2) is 9.01. The number of carbonyl (C=O) groups excluding carboxylic acids is 1. The Balaban J connectivity index is 1.42. The van der Waals surface area contributed by atoms with Crippen LogP contribution in [0.4, 0.5) is 4.39 Å². The molecule has 1 fully saturated rings. The van der Waals surface area contributed by atoms with Crippen LogP contribution in [0.25, 0.3) is 11.1 Å². The third kappa shape index (κ3) is 4.60. The van der Waals surface area contributed by atoms with E-state index in [2.05, 4.69) is 0 Å². The molecule has 1 atom stereocenters. The maximum atomic E-state index is 13.1. The Labute approximate surface area is 190 Å². The van der Waals surface area contributed by atoms with E-state index in [4.69, 9.17) is 16.3 Å². The van der Waals surface area contributed by atoms with Gasteiger partial charge in [0.15, 0.2) is 0 Å². The average molecular weight is 454 g/mol. The first-order valence-electron chi connectivity index (χ1n) is 10.1. The zero-order valence-electron chi connectivity index (χ0n) is 17.1. The van der Waals surface area contributed by atoms with Gasteiger partial charge in [0, 0.05) is 23.7 Å². The van der Waals surface area contributed by atoms with Gasteiger partial charge in [-0.15, -0.1) is 0 Å². The molecular formula is C25H21ClFNO4. The Kier molecular flexibility index (Phi) is 6.15. The summed E-state index contributed by atoms with van der Waals surface area (Å²) in [5.74, 6) is -0.993. The number of halogens is 2. The fraction of sp³-hybridized carbons (Fsp3) is 0.200. The normalized spacial score (nSPS) is 17.9. The molecule has 4 rings (SSSR count). The van der Waals surface area contributed by atoms with Gasteiger partial charge in [0.05, 0.1) is 0 Å². The van der Waals surface area contributed by atoms with E-state index in [1.165, 1.54) is 12.1 Å². The van der Waals surface area contributed by atoms with Crippen LogP contribution in [0.2, 0.25) is 5.02 Å². The molecular weight excluding hydrogens is 433 g/mol. The van der Waals surface area contributed by atoms with Crippen molar-refractivity contribution in [2.24, 2.45) is 5.41 Å². The van der Waals surface area contributed by atoms with Gasteiger partial charge in [-0.1, -0.05) is 35.9 Å². The molecule has 1 amide bonds. The van der Waals surface area contributed by atoms with E-state index >= 15 is 0 Å². The van der Waals surface area contributed by atoms with E-state index < -0.39 is 11.4 Å². The van der Waals surface area contributed by atoms with E-state index in [1.807, 2.05) is 12.1 Å². The van der Waals surface area contributed by atoms with E-state index in [0.29, 0.717) is 29.3 Å². The summed E-state index contributed by atoms with van der Waals surface area (Å²) in [4.78, 5) is 26.4. The van der Waals surface area contributed by atoms with Gasteiger partial charge in [0.25, 0.3) is 5.91 Å². The summed E-state index contributed by atoms with van der Waals surface area (Å²) in [7, 11) is 0. The average Bonchev–Trinajstić information content (AvgIpc) is 3.25. The number of ether oxygens (including phenoxy) is 1. The second-order valence-electron chi connectivity index (χ2n) is 7.89. The number of carboxylic acid groups (broad SMARTS) is 1. The van der Waals surface area contributed by atoms with Gasteiger partial charge < -0.3 is 14.7 Å². The SMILES string of the molecule is O=C(c1ccc(Cl)cc1)N1CCC(COc2ccc(-c3ccc(F)cc3)cc2)(C(=O)O)C1. The molecule has 32 heavy (non-hydrogen) atoms. The van der Waals surface area contributed by atoms with Crippen molar-refractivity contribution in [2.45, 2.75) is 6.42 Å². The van der Waals surface area contributed by atoms with Crippen LogP contribution >= 0.6 is 11.6 Å². The summed E-state index contributed by atoms with van der Waals surface area (Å²) in [5.41, 5.74) is 1.04. The van der Waals surface area contributed by atoms with Gasteiger partial charge in [-0.05, 0) is 66.1 Å². The van der Waals surface area contributed by atoms with Crippen molar-refractivity contribution in [1.82, 2.24) is 4.90 Å². The molecule has 0 radical (unpaired) electrons. The summed E-state index contributed by atoms with van der Waals surface area (Å²) in [6, 6.07) is 19.9. The molecule has 1 aliphatic heterocycles. The lowest BCUT2D eigenvalue weighted by molar-refractivity contribution is -0.149. The summed E-state index contributed by atoms with van der Waals surface area (Å²) < 4.78 is 18.9. The summed E-state index contributed by atoms with van der Waals surface area (Å²) in [5, 5.41) is 10.4. The van der Waals surface area contributed by atoms with Crippen molar-refractivity contribution in [3.63, 3.8) is 0 Å². The first kappa shape index (κ1) is 21.8. The Bertz CT molecular complexity index is 1120. The second-order valence-corrected chi connectivity index (χ2v) is 8.33. The lowest BCUT2D eigenvalue weighted by atomic mass is 9.88. The molecule has 7 heteroatoms. The molecule has 1 saturated heterocycles. The standard InChI is InChI=1S/C25H21ClFNO4/c26-20-7-1-19(2-8-20)23(29)28-14-13-25(15-28,24(30)31)16-32-22-11-5-18(6-12-22)17-3-9-21(27)10-4-17/h1-12H,13-16H2,(H,30,31). The monoisotopic (exact) mass is 453 g/mol. The number of benzene rings is 3. The number of likely N-dealkylation sites (tertiary alicyclic amines) is 1. The predicted molar refractivity (Wildman–Crippen MR) is 119 cm³/mol. The largest absolute Gasteiger partial charge is 0.492 e. The van der Waals surface area contributed by atoms with Crippen molar-refractivity contribution in [3.05, 3.63) is 89.2 Å². The van der Waals surface area contributed by atoms with Crippen LogP contribution in [0, 0.1) is 11.2 Å². The van der Waals surface area contributed by atoms with Gasteiger partial charge in [0.2, 0.25) is 0 Å². The van der Waals surface area contributed by atoms with Crippen LogP contribution in [0.15, 0.2) is 72.8 Å². The van der Waals surface area contributed by atoms with Crippen molar-refractivity contribution < 1.29 is 23.8 Å². The van der Waals surface area contributed by atoms with Crippen molar-refractivity contribution in [3.8, 4) is 16.9 Å². The third-order valence-electron chi connectivity index (χ3n) is 5.73. The van der Waals surface area contributed by atoms with Crippen LogP contribution in [0.1, 0.15) is 16.8 Å². The minimum Gasteiger partial charge on any atom is -0.492 e. The quantitative estimate of drug-likeness (QED) is 0.561. The molecule has 1 heterocycles. The third-order valence-corrected chi connectivity index (χ3v) is 5.98. The van der Waals surface area contributed by atoms with Gasteiger partial charge >= 0.3 is 5.97 Å². The molecule has 1 unspecified atom stereocenters. The van der Waals surface area contributed by atoms with Gasteiger partial charge in [-0.25, -0.2) is 4.39 Å². The lowest BCUT2D eigenvalue weighted by Crippen LogP contribution is -2.41. The Morgan fingerprint density at radius 3 is 2.16 bits per heavy atom. The number of hydrogen-bond donors (Lipinski definition) is 1. The zero-order chi connectivity index (χ0) is 22.7. The minimum absolute atomic E-state index is 0.0530. The number of amides is 1. The topological polar surface area (TPSA) is 66.8 Å². The number of nitrogens with zero attached hydrogens (tertiary/aromatic N) is 1. The first-order valence-corrected chi connectivity index (χ1v) is 10.5. The smallest absolute Gasteiger partial charge is 0.315 e. The van der Waals surface area contributed by atoms with E-state index in [1.54, 1.807) is 53.4 Å². The fourth-order valence-electron chi connectivity index (χ4n) is 3.78. The van der Waals surface area contributed by atoms with E-state index in [-0.39, 0.29) is 24.9 Å². The number of carbonyl (C=O) groups is 2. The summed E-state index contributed by atoms with van der Waals surface area (Å²) in [6.07, 6.45) is 0.301. The number of aliphatic carboxylic acids is 1. The molecule has 5 nitrogen and oxygen atoms in total. The highest BCUT2D eigenvalue weighted by atomic mass is 35.5. The van der Waals surface area contributed by atoms with Crippen molar-refractivity contribution in [1.29, 1.82) is 0 Å². The van der Waals surface area contributed by atoms with E-state index in [9.17, 15) is 19.1 Å². The highest BCUT2D eigenvalue weighted by Crippen LogP contribution is 2.33. The minimum atomic E-state index is -1.18. The molecule has 164 valence electrons. The van der Waals surface area contributed by atoms with Crippen LogP contribution < -0.4 is 4.74 Å². The van der Waals surface area contributed by atoms with Gasteiger partial charge in [-0.2, -0.15) is 0 Å². The fourth-order valence-corrected chi connectivity index (χ4v) is 3.91. The summed E-state index contributed by atoms with van der Waals surface area (Å²) in [6.45, 7) is 0.348. The molecule has 0 spiro atoms. The van der Waals surface area contributed by atoms with E-state index in [0.717, 1.165) is 11.1 Å². The highest BCUT2D eigenvalue weighted by molar-refractivity contribution is 6.30. The molecule has 0 saturated carbocycles. The molecule has 0 aliphatic carbocycles. The Hall–Kier alpha value is -3.38. The molecule has 0 bridgehead atoms. The lowest BCUT2D eigenvalue weighted by Gasteiger charge is -2.25.